The molecule has 2 N–H and O–H groups in total. The van der Waals surface area contributed by atoms with Crippen LogP contribution in [0.3, 0.4) is 0 Å². The van der Waals surface area contributed by atoms with Crippen LogP contribution < -0.4 is 4.74 Å². The fourth-order valence-corrected chi connectivity index (χ4v) is 1.95. The lowest BCUT2D eigenvalue weighted by Crippen LogP contribution is -2.10. The maximum absolute atomic E-state index is 10.7. The second-order valence-electron chi connectivity index (χ2n) is 3.76. The zero-order valence-corrected chi connectivity index (χ0v) is 11.3. The lowest BCUT2D eigenvalue weighted by Gasteiger charge is -2.13. The summed E-state index contributed by atoms with van der Waals surface area (Å²) >= 11 is 11.9. The van der Waals surface area contributed by atoms with E-state index in [1.165, 1.54) is 12.1 Å². The first-order valence-corrected chi connectivity index (χ1v) is 6.25. The van der Waals surface area contributed by atoms with Crippen LogP contribution in [-0.2, 0) is 4.79 Å². The van der Waals surface area contributed by atoms with E-state index in [-0.39, 0.29) is 15.6 Å². The van der Waals surface area contributed by atoms with Crippen LogP contribution in [0.5, 0.6) is 5.75 Å². The number of aliphatic carboxylic acids is 1. The highest BCUT2D eigenvalue weighted by Gasteiger charge is 2.19. The van der Waals surface area contributed by atoms with Crippen LogP contribution in [0, 0.1) is 0 Å². The Morgan fingerprint density at radius 1 is 1.39 bits per heavy atom. The van der Waals surface area contributed by atoms with Crippen molar-refractivity contribution in [3.63, 3.8) is 0 Å². The molecule has 1 aromatic carbocycles. The van der Waals surface area contributed by atoms with Crippen LogP contribution in [0.15, 0.2) is 12.1 Å². The lowest BCUT2D eigenvalue weighted by atomic mass is 10.1. The summed E-state index contributed by atoms with van der Waals surface area (Å²) < 4.78 is 5.41. The summed E-state index contributed by atoms with van der Waals surface area (Å²) in [5.74, 6) is -1.05. The Morgan fingerprint density at radius 3 is 2.39 bits per heavy atom. The summed E-state index contributed by atoms with van der Waals surface area (Å²) in [5.41, 5.74) is 0.125. The van der Waals surface area contributed by atoms with Gasteiger partial charge in [0.05, 0.1) is 16.7 Å². The fraction of sp³-hybridized carbons (Fsp3) is 0.417. The molecular weight excluding hydrogens is 279 g/mol. The van der Waals surface area contributed by atoms with Crippen molar-refractivity contribution in [2.75, 3.05) is 6.61 Å². The first-order chi connectivity index (χ1) is 8.47. The van der Waals surface area contributed by atoms with Crippen molar-refractivity contribution in [2.24, 2.45) is 0 Å². The van der Waals surface area contributed by atoms with Crippen LogP contribution in [0.4, 0.5) is 0 Å². The molecule has 1 unspecified atom stereocenters. The summed E-state index contributed by atoms with van der Waals surface area (Å²) in [6, 6.07) is 2.68. The first kappa shape index (κ1) is 15.1. The van der Waals surface area contributed by atoms with Crippen molar-refractivity contribution < 1.29 is 19.7 Å². The molecule has 100 valence electrons. The Balaban J connectivity index is 2.93. The van der Waals surface area contributed by atoms with Crippen LogP contribution >= 0.6 is 23.2 Å². The van der Waals surface area contributed by atoms with E-state index in [0.717, 1.165) is 12.8 Å². The number of carboxylic acids is 1. The van der Waals surface area contributed by atoms with Gasteiger partial charge >= 0.3 is 5.97 Å². The molecule has 0 bridgehead atoms. The molecule has 4 nitrogen and oxygen atoms in total. The molecule has 1 aromatic rings. The van der Waals surface area contributed by atoms with Gasteiger partial charge in [-0.1, -0.05) is 36.5 Å². The Kier molecular flexibility index (Phi) is 5.72. The smallest absolute Gasteiger partial charge is 0.337 e. The molecule has 0 aliphatic rings. The summed E-state index contributed by atoms with van der Waals surface area (Å²) in [5, 5.41) is 18.5. The zero-order chi connectivity index (χ0) is 13.7. The van der Waals surface area contributed by atoms with Gasteiger partial charge < -0.3 is 14.9 Å². The van der Waals surface area contributed by atoms with Gasteiger partial charge in [0.15, 0.2) is 11.9 Å². The number of hydrogen-bond donors (Lipinski definition) is 2. The van der Waals surface area contributed by atoms with E-state index in [4.69, 9.17) is 33.0 Å². The van der Waals surface area contributed by atoms with Crippen LogP contribution in [-0.4, -0.2) is 22.8 Å². The minimum atomic E-state index is -1.65. The van der Waals surface area contributed by atoms with E-state index in [1.54, 1.807) is 0 Å². The van der Waals surface area contributed by atoms with E-state index >= 15 is 0 Å². The van der Waals surface area contributed by atoms with Gasteiger partial charge in [0.2, 0.25) is 0 Å². The van der Waals surface area contributed by atoms with E-state index in [1.807, 2.05) is 6.92 Å². The highest BCUT2D eigenvalue weighted by molar-refractivity contribution is 6.37. The Hall–Kier alpha value is -0.970. The number of aliphatic hydroxyl groups excluding tert-OH is 1. The highest BCUT2D eigenvalue weighted by Crippen LogP contribution is 2.36. The molecule has 0 saturated carbocycles. The fourth-order valence-electron chi connectivity index (χ4n) is 1.34. The van der Waals surface area contributed by atoms with Gasteiger partial charge in [0.25, 0.3) is 0 Å². The van der Waals surface area contributed by atoms with Crippen LogP contribution in [0.25, 0.3) is 0 Å². The van der Waals surface area contributed by atoms with Gasteiger partial charge in [-0.05, 0) is 24.1 Å². The predicted molar refractivity (Wildman–Crippen MR) is 69.5 cm³/mol. The number of halogens is 2. The average Bonchev–Trinajstić information content (AvgIpc) is 2.31. The van der Waals surface area contributed by atoms with E-state index in [9.17, 15) is 9.90 Å². The van der Waals surface area contributed by atoms with E-state index < -0.39 is 12.1 Å². The van der Waals surface area contributed by atoms with E-state index in [0.29, 0.717) is 12.4 Å². The molecule has 0 spiro atoms. The molecule has 18 heavy (non-hydrogen) atoms. The standard InChI is InChI=1S/C12H14Cl2O4/c1-2-3-4-18-11-8(13)5-7(6-9(11)14)10(15)12(16)17/h5-6,10,15H,2-4H2,1H3,(H,16,17). The first-order valence-electron chi connectivity index (χ1n) is 5.50. The normalized spacial score (nSPS) is 12.2. The van der Waals surface area contributed by atoms with Crippen molar-refractivity contribution in [3.8, 4) is 5.75 Å². The van der Waals surface area contributed by atoms with Crippen molar-refractivity contribution in [1.29, 1.82) is 0 Å². The number of carbonyl (C=O) groups is 1. The third-order valence-corrected chi connectivity index (χ3v) is 2.88. The van der Waals surface area contributed by atoms with Gasteiger partial charge in [0, 0.05) is 0 Å². The van der Waals surface area contributed by atoms with Gasteiger partial charge in [-0.15, -0.1) is 0 Å². The summed E-state index contributed by atoms with van der Waals surface area (Å²) in [7, 11) is 0. The highest BCUT2D eigenvalue weighted by atomic mass is 35.5. The van der Waals surface area contributed by atoms with Crippen molar-refractivity contribution >= 4 is 29.2 Å². The SMILES string of the molecule is CCCCOc1c(Cl)cc(C(O)C(=O)O)cc1Cl. The minimum Gasteiger partial charge on any atom is -0.490 e. The van der Waals surface area contributed by atoms with Crippen molar-refractivity contribution in [2.45, 2.75) is 25.9 Å². The molecule has 0 radical (unpaired) electrons. The second-order valence-corrected chi connectivity index (χ2v) is 4.57. The second kappa shape index (κ2) is 6.83. The Labute approximate surface area is 115 Å². The Morgan fingerprint density at radius 2 is 1.94 bits per heavy atom. The minimum absolute atomic E-state index is 0.125. The summed E-state index contributed by atoms with van der Waals surface area (Å²) in [4.78, 5) is 10.7. The Bertz CT molecular complexity index is 411. The monoisotopic (exact) mass is 292 g/mol. The van der Waals surface area contributed by atoms with Gasteiger partial charge in [-0.25, -0.2) is 4.79 Å². The maximum Gasteiger partial charge on any atom is 0.337 e. The van der Waals surface area contributed by atoms with E-state index in [2.05, 4.69) is 0 Å². The molecular formula is C12H14Cl2O4. The van der Waals surface area contributed by atoms with Gasteiger partial charge in [-0.3, -0.25) is 0 Å². The number of benzene rings is 1. The molecule has 0 heterocycles. The average molecular weight is 293 g/mol. The molecule has 0 fully saturated rings. The largest absolute Gasteiger partial charge is 0.490 e. The zero-order valence-electron chi connectivity index (χ0n) is 9.82. The molecule has 0 aliphatic carbocycles. The molecule has 0 amide bonds. The van der Waals surface area contributed by atoms with Gasteiger partial charge in [0.1, 0.15) is 0 Å². The number of rotatable bonds is 6. The number of hydrogen-bond acceptors (Lipinski definition) is 3. The number of ether oxygens (including phenoxy) is 1. The molecule has 6 heteroatoms. The third-order valence-electron chi connectivity index (χ3n) is 2.31. The summed E-state index contributed by atoms with van der Waals surface area (Å²) in [6.07, 6.45) is 0.196. The number of aliphatic hydroxyl groups is 1. The molecule has 0 aromatic heterocycles. The topological polar surface area (TPSA) is 66.8 Å². The number of unbranched alkanes of at least 4 members (excludes halogenated alkanes) is 1. The molecule has 1 rings (SSSR count). The quantitative estimate of drug-likeness (QED) is 0.790. The molecule has 0 aliphatic heterocycles. The van der Waals surface area contributed by atoms with Gasteiger partial charge in [-0.2, -0.15) is 0 Å². The number of carboxylic acid groups (broad SMARTS) is 1. The van der Waals surface area contributed by atoms with Crippen LogP contribution in [0.1, 0.15) is 31.4 Å². The maximum atomic E-state index is 10.7. The third kappa shape index (κ3) is 3.77. The van der Waals surface area contributed by atoms with Crippen LogP contribution in [0.2, 0.25) is 10.0 Å². The molecule has 0 saturated heterocycles. The van der Waals surface area contributed by atoms with Crippen molar-refractivity contribution in [1.82, 2.24) is 0 Å². The summed E-state index contributed by atoms with van der Waals surface area (Å²) in [6.45, 7) is 2.51. The van der Waals surface area contributed by atoms with Crippen molar-refractivity contribution in [3.05, 3.63) is 27.7 Å². The lowest BCUT2D eigenvalue weighted by molar-refractivity contribution is -0.146. The predicted octanol–water partition coefficient (Wildman–Crippen LogP) is 3.29. The molecule has 1 atom stereocenters.